The van der Waals surface area contributed by atoms with E-state index in [0.29, 0.717) is 19.2 Å². The molecule has 2 aromatic rings. The lowest BCUT2D eigenvalue weighted by molar-refractivity contribution is 0.208. The van der Waals surface area contributed by atoms with Crippen LogP contribution in [0.25, 0.3) is 0 Å². The number of aryl methyl sites for hydroxylation is 2. The Morgan fingerprint density at radius 1 is 1.20 bits per heavy atom. The summed E-state index contributed by atoms with van der Waals surface area (Å²) >= 11 is 0. The topological polar surface area (TPSA) is 76.4 Å². The smallest absolute Gasteiger partial charge is 0.191 e. The second-order valence-electron chi connectivity index (χ2n) is 7.97. The largest absolute Gasteiger partial charge is 0.490 e. The first kappa shape index (κ1) is 22.8. The zero-order valence-corrected chi connectivity index (χ0v) is 20.3. The molecular formula is C22H33IN6O. The molecule has 2 N–H and O–H groups in total. The molecule has 1 aliphatic carbocycles. The minimum Gasteiger partial charge on any atom is -0.490 e. The third kappa shape index (κ3) is 5.65. The summed E-state index contributed by atoms with van der Waals surface area (Å²) in [7, 11) is 0. The van der Waals surface area contributed by atoms with Crippen LogP contribution < -0.4 is 15.4 Å². The number of guanidine groups is 1. The summed E-state index contributed by atoms with van der Waals surface area (Å²) in [6.07, 6.45) is 7.38. The second-order valence-corrected chi connectivity index (χ2v) is 7.97. The average Bonchev–Trinajstić information content (AvgIpc) is 3.44. The van der Waals surface area contributed by atoms with Gasteiger partial charge in [0.05, 0.1) is 19.2 Å². The summed E-state index contributed by atoms with van der Waals surface area (Å²) in [5.41, 5.74) is 2.35. The van der Waals surface area contributed by atoms with Crippen LogP contribution in [0.15, 0.2) is 23.2 Å². The fourth-order valence-corrected chi connectivity index (χ4v) is 4.10. The summed E-state index contributed by atoms with van der Waals surface area (Å²) in [5.74, 6) is 3.84. The molecule has 164 valence electrons. The van der Waals surface area contributed by atoms with Gasteiger partial charge in [0, 0.05) is 25.1 Å². The van der Waals surface area contributed by atoms with Crippen LogP contribution >= 0.6 is 24.0 Å². The van der Waals surface area contributed by atoms with Gasteiger partial charge in [-0.1, -0.05) is 12.1 Å². The average molecular weight is 524 g/mol. The highest BCUT2D eigenvalue weighted by molar-refractivity contribution is 14.0. The predicted molar refractivity (Wildman–Crippen MR) is 129 cm³/mol. The van der Waals surface area contributed by atoms with Crippen molar-refractivity contribution in [1.82, 2.24) is 25.4 Å². The molecule has 0 spiro atoms. The van der Waals surface area contributed by atoms with Gasteiger partial charge in [0.15, 0.2) is 11.8 Å². The molecular weight excluding hydrogens is 491 g/mol. The van der Waals surface area contributed by atoms with E-state index >= 15 is 0 Å². The summed E-state index contributed by atoms with van der Waals surface area (Å²) < 4.78 is 8.53. The van der Waals surface area contributed by atoms with E-state index in [4.69, 9.17) is 9.73 Å². The molecule has 0 radical (unpaired) electrons. The molecule has 0 bridgehead atoms. The molecule has 30 heavy (non-hydrogen) atoms. The van der Waals surface area contributed by atoms with Crippen molar-refractivity contribution in [2.45, 2.75) is 78.1 Å². The summed E-state index contributed by atoms with van der Waals surface area (Å²) in [6.45, 7) is 7.21. The van der Waals surface area contributed by atoms with Gasteiger partial charge >= 0.3 is 0 Å². The predicted octanol–water partition coefficient (Wildman–Crippen LogP) is 3.73. The van der Waals surface area contributed by atoms with Crippen LogP contribution in [-0.4, -0.2) is 33.4 Å². The van der Waals surface area contributed by atoms with Crippen LogP contribution in [0.2, 0.25) is 0 Å². The van der Waals surface area contributed by atoms with Gasteiger partial charge in [-0.15, -0.1) is 34.2 Å². The number of rotatable bonds is 7. The monoisotopic (exact) mass is 524 g/mol. The Bertz CT molecular complexity index is 859. The van der Waals surface area contributed by atoms with Gasteiger partial charge in [-0.3, -0.25) is 0 Å². The Kier molecular flexibility index (Phi) is 8.35. The normalized spacial score (nSPS) is 16.3. The Labute approximate surface area is 196 Å². The quantitative estimate of drug-likeness (QED) is 0.328. The Morgan fingerprint density at radius 2 is 2.03 bits per heavy atom. The number of hydrogen-bond acceptors (Lipinski definition) is 4. The molecule has 1 fully saturated rings. The van der Waals surface area contributed by atoms with Crippen molar-refractivity contribution in [2.24, 2.45) is 4.99 Å². The van der Waals surface area contributed by atoms with Crippen LogP contribution in [0, 0.1) is 6.92 Å². The van der Waals surface area contributed by atoms with E-state index in [-0.39, 0.29) is 24.0 Å². The number of benzene rings is 1. The molecule has 4 rings (SSSR count). The van der Waals surface area contributed by atoms with Crippen molar-refractivity contribution in [2.75, 3.05) is 6.54 Å². The molecule has 7 nitrogen and oxygen atoms in total. The van der Waals surface area contributed by atoms with Gasteiger partial charge < -0.3 is 19.9 Å². The van der Waals surface area contributed by atoms with Crippen molar-refractivity contribution >= 4 is 29.9 Å². The third-order valence-corrected chi connectivity index (χ3v) is 5.67. The number of nitrogens with zero attached hydrogens (tertiary/aromatic N) is 4. The number of ether oxygens (including phenoxy) is 1. The summed E-state index contributed by atoms with van der Waals surface area (Å²) in [6, 6.07) is 6.41. The fourth-order valence-electron chi connectivity index (χ4n) is 4.10. The second kappa shape index (κ2) is 11.0. The van der Waals surface area contributed by atoms with Crippen LogP contribution in [0.3, 0.4) is 0 Å². The summed E-state index contributed by atoms with van der Waals surface area (Å²) in [4.78, 5) is 4.80. The Hall–Kier alpha value is -1.84. The van der Waals surface area contributed by atoms with Gasteiger partial charge in [-0.2, -0.15) is 0 Å². The first-order valence-corrected chi connectivity index (χ1v) is 10.9. The molecule has 1 aromatic carbocycles. The first-order chi connectivity index (χ1) is 14.2. The molecule has 2 aliphatic rings. The molecule has 1 aromatic heterocycles. The van der Waals surface area contributed by atoms with E-state index in [0.717, 1.165) is 67.7 Å². The van der Waals surface area contributed by atoms with Crippen molar-refractivity contribution in [3.05, 3.63) is 41.0 Å². The SMILES string of the molecule is CCNC(=NCc1ccc(C)cc1OC1CCCC1)NCc1nnc2n1CCC2.I. The molecule has 8 heteroatoms. The Balaban J connectivity index is 0.00000256. The van der Waals surface area contributed by atoms with Gasteiger partial charge in [-0.05, 0) is 57.6 Å². The maximum absolute atomic E-state index is 6.32. The molecule has 0 unspecified atom stereocenters. The van der Waals surface area contributed by atoms with Crippen LogP contribution in [0.4, 0.5) is 0 Å². The first-order valence-electron chi connectivity index (χ1n) is 10.9. The lowest BCUT2D eigenvalue weighted by atomic mass is 10.1. The van der Waals surface area contributed by atoms with Crippen molar-refractivity contribution < 1.29 is 4.74 Å². The van der Waals surface area contributed by atoms with Gasteiger partial charge in [0.25, 0.3) is 0 Å². The van der Waals surface area contributed by atoms with Gasteiger partial charge in [0.2, 0.25) is 0 Å². The Morgan fingerprint density at radius 3 is 2.83 bits per heavy atom. The zero-order valence-electron chi connectivity index (χ0n) is 18.0. The number of nitrogens with one attached hydrogen (secondary N) is 2. The van der Waals surface area contributed by atoms with Gasteiger partial charge in [-0.25, -0.2) is 4.99 Å². The zero-order chi connectivity index (χ0) is 20.1. The maximum atomic E-state index is 6.32. The third-order valence-electron chi connectivity index (χ3n) is 5.67. The number of hydrogen-bond donors (Lipinski definition) is 2. The van der Waals surface area contributed by atoms with Crippen LogP contribution in [0.5, 0.6) is 5.75 Å². The highest BCUT2D eigenvalue weighted by Gasteiger charge is 2.19. The molecule has 0 saturated heterocycles. The van der Waals surface area contributed by atoms with E-state index in [1.807, 2.05) is 0 Å². The van der Waals surface area contributed by atoms with Crippen LogP contribution in [0.1, 0.15) is 61.8 Å². The molecule has 1 saturated carbocycles. The highest BCUT2D eigenvalue weighted by Crippen LogP contribution is 2.28. The van der Waals surface area contributed by atoms with E-state index in [1.165, 1.54) is 18.4 Å². The minimum atomic E-state index is 0. The van der Waals surface area contributed by atoms with Crippen LogP contribution in [-0.2, 0) is 26.1 Å². The number of aliphatic imine (C=N–C) groups is 1. The maximum Gasteiger partial charge on any atom is 0.191 e. The standard InChI is InChI=1S/C22H32N6O.HI/c1-3-23-22(25-15-21-27-26-20-9-6-12-28(20)21)24-14-17-11-10-16(2)13-19(17)29-18-7-4-5-8-18;/h10-11,13,18H,3-9,12,14-15H2,1-2H3,(H2,23,24,25);1H. The van der Waals surface area contributed by atoms with E-state index in [1.54, 1.807) is 0 Å². The van der Waals surface area contributed by atoms with Gasteiger partial charge in [0.1, 0.15) is 11.6 Å². The molecule has 0 atom stereocenters. The molecule has 0 amide bonds. The summed E-state index contributed by atoms with van der Waals surface area (Å²) in [5, 5.41) is 15.3. The van der Waals surface area contributed by atoms with E-state index < -0.39 is 0 Å². The van der Waals surface area contributed by atoms with Crippen molar-refractivity contribution in [1.29, 1.82) is 0 Å². The minimum absolute atomic E-state index is 0. The molecule has 1 aliphatic heterocycles. The lowest BCUT2D eigenvalue weighted by Crippen LogP contribution is -2.37. The molecule has 2 heterocycles. The highest BCUT2D eigenvalue weighted by atomic mass is 127. The number of aromatic nitrogens is 3. The fraction of sp³-hybridized carbons (Fsp3) is 0.591. The van der Waals surface area contributed by atoms with Crippen molar-refractivity contribution in [3.8, 4) is 5.75 Å². The lowest BCUT2D eigenvalue weighted by Gasteiger charge is -2.17. The number of fused-ring (bicyclic) bond motifs is 1. The van der Waals surface area contributed by atoms with E-state index in [9.17, 15) is 0 Å². The van der Waals surface area contributed by atoms with Crippen molar-refractivity contribution in [3.63, 3.8) is 0 Å². The number of halogens is 1. The van der Waals surface area contributed by atoms with E-state index in [2.05, 4.69) is 57.4 Å².